The van der Waals surface area contributed by atoms with Gasteiger partial charge < -0.3 is 24.1 Å². The molecule has 0 radical (unpaired) electrons. The van der Waals surface area contributed by atoms with E-state index in [1.165, 1.54) is 21.0 Å². The maximum atomic E-state index is 13.8. The van der Waals surface area contributed by atoms with Crippen LogP contribution in [0.1, 0.15) is 35.3 Å². The molecule has 0 aliphatic carbocycles. The van der Waals surface area contributed by atoms with E-state index in [9.17, 15) is 9.59 Å². The van der Waals surface area contributed by atoms with Gasteiger partial charge in [0.15, 0.2) is 6.04 Å². The number of benzene rings is 1. The summed E-state index contributed by atoms with van der Waals surface area (Å²) in [5.41, 5.74) is 0.738. The number of methoxy groups -OCH3 is 1. The molecular formula is C27H30N6O5S. The molecule has 1 fully saturated rings. The highest BCUT2D eigenvalue weighted by Crippen LogP contribution is 2.27. The summed E-state index contributed by atoms with van der Waals surface area (Å²) >= 11 is 1.51. The van der Waals surface area contributed by atoms with Crippen molar-refractivity contribution < 1.29 is 23.5 Å². The van der Waals surface area contributed by atoms with Crippen LogP contribution in [0.4, 0.5) is 0 Å². The van der Waals surface area contributed by atoms with Crippen molar-refractivity contribution in [2.45, 2.75) is 45.0 Å². The molecule has 12 heteroatoms. The highest BCUT2D eigenvalue weighted by molar-refractivity contribution is 7.09. The first-order valence-electron chi connectivity index (χ1n) is 12.7. The van der Waals surface area contributed by atoms with Crippen LogP contribution in [0.15, 0.2) is 58.3 Å². The minimum Gasteiger partial charge on any atom is -0.497 e. The first kappa shape index (κ1) is 26.6. The number of nitrogens with one attached hydrogen (secondary N) is 1. The number of furan rings is 1. The quantitative estimate of drug-likeness (QED) is 0.301. The fraction of sp³-hybridized carbons (Fsp3) is 0.370. The summed E-state index contributed by atoms with van der Waals surface area (Å²) in [6.45, 7) is 2.87. The van der Waals surface area contributed by atoms with Crippen LogP contribution in [0.5, 0.6) is 5.75 Å². The standard InChI is InChI=1S/C27H30N6O5S/c1-18-7-12-23(38-18)25(27(35)28-15-21-5-3-13-37-21)32(16-22-6-4-14-39-22)24(34)17-33-30-26(29-31-33)19-8-10-20(36-2)11-9-19/h4,6-12,14,21,25H,3,5,13,15-17H2,1-2H3,(H,28,35). The summed E-state index contributed by atoms with van der Waals surface area (Å²) in [4.78, 5) is 31.1. The van der Waals surface area contributed by atoms with Gasteiger partial charge in [0, 0.05) is 23.6 Å². The van der Waals surface area contributed by atoms with Gasteiger partial charge in [0.2, 0.25) is 11.7 Å². The largest absolute Gasteiger partial charge is 0.497 e. The third kappa shape index (κ3) is 6.52. The number of amides is 2. The number of rotatable bonds is 11. The van der Waals surface area contributed by atoms with Crippen LogP contribution in [0.25, 0.3) is 11.4 Å². The number of aryl methyl sites for hydroxylation is 1. The van der Waals surface area contributed by atoms with E-state index >= 15 is 0 Å². The number of hydrogen-bond donors (Lipinski definition) is 1. The number of aromatic nitrogens is 4. The third-order valence-electron chi connectivity index (χ3n) is 6.42. The molecule has 1 N–H and O–H groups in total. The molecule has 39 heavy (non-hydrogen) atoms. The van der Waals surface area contributed by atoms with Crippen molar-refractivity contribution in [2.24, 2.45) is 0 Å². The van der Waals surface area contributed by atoms with Crippen molar-refractivity contribution in [3.8, 4) is 17.1 Å². The van der Waals surface area contributed by atoms with Crippen molar-refractivity contribution in [1.82, 2.24) is 30.4 Å². The minimum absolute atomic E-state index is 0.0369. The van der Waals surface area contributed by atoms with Crippen LogP contribution in [-0.2, 0) is 27.4 Å². The SMILES string of the molecule is COc1ccc(-c2nnn(CC(=O)N(Cc3cccs3)C(C(=O)NCC3CCCO3)c3ccc(C)o3)n2)cc1. The first-order chi connectivity index (χ1) is 19.0. The van der Waals surface area contributed by atoms with Crippen LogP contribution < -0.4 is 10.1 Å². The van der Waals surface area contributed by atoms with Gasteiger partial charge in [-0.25, -0.2) is 0 Å². The summed E-state index contributed by atoms with van der Waals surface area (Å²) in [6.07, 6.45) is 1.82. The Labute approximate surface area is 229 Å². The molecule has 1 aromatic carbocycles. The second kappa shape index (κ2) is 12.2. The van der Waals surface area contributed by atoms with Gasteiger partial charge >= 0.3 is 0 Å². The predicted octanol–water partition coefficient (Wildman–Crippen LogP) is 3.38. The molecule has 11 nitrogen and oxygen atoms in total. The number of hydrogen-bond acceptors (Lipinski definition) is 9. The molecule has 2 amide bonds. The second-order valence-corrected chi connectivity index (χ2v) is 10.2. The predicted molar refractivity (Wildman–Crippen MR) is 143 cm³/mol. The van der Waals surface area contributed by atoms with Gasteiger partial charge in [0.05, 0.1) is 19.8 Å². The van der Waals surface area contributed by atoms with E-state index < -0.39 is 6.04 Å². The molecule has 4 aromatic rings. The van der Waals surface area contributed by atoms with E-state index in [1.807, 2.05) is 29.6 Å². The summed E-state index contributed by atoms with van der Waals surface area (Å²) < 4.78 is 16.7. The van der Waals surface area contributed by atoms with Crippen molar-refractivity contribution in [2.75, 3.05) is 20.3 Å². The smallest absolute Gasteiger partial charge is 0.250 e. The van der Waals surface area contributed by atoms with Crippen LogP contribution in [-0.4, -0.2) is 63.3 Å². The molecule has 3 aromatic heterocycles. The molecule has 1 aliphatic rings. The monoisotopic (exact) mass is 550 g/mol. The van der Waals surface area contributed by atoms with Gasteiger partial charge in [-0.05, 0) is 72.8 Å². The molecule has 4 heterocycles. The molecule has 0 saturated carbocycles. The molecule has 2 unspecified atom stereocenters. The highest BCUT2D eigenvalue weighted by atomic mass is 32.1. The summed E-state index contributed by atoms with van der Waals surface area (Å²) in [7, 11) is 1.59. The molecule has 1 aliphatic heterocycles. The van der Waals surface area contributed by atoms with Gasteiger partial charge in [0.1, 0.15) is 23.8 Å². The zero-order valence-corrected chi connectivity index (χ0v) is 22.6. The second-order valence-electron chi connectivity index (χ2n) is 9.20. The molecule has 0 spiro atoms. The van der Waals surface area contributed by atoms with Gasteiger partial charge in [-0.15, -0.1) is 21.5 Å². The lowest BCUT2D eigenvalue weighted by atomic mass is 10.1. The van der Waals surface area contributed by atoms with Gasteiger partial charge in [-0.1, -0.05) is 6.07 Å². The molecule has 1 saturated heterocycles. The Morgan fingerprint density at radius 1 is 1.23 bits per heavy atom. The van der Waals surface area contributed by atoms with E-state index in [0.29, 0.717) is 36.2 Å². The van der Waals surface area contributed by atoms with Crippen molar-refractivity contribution in [3.63, 3.8) is 0 Å². The zero-order chi connectivity index (χ0) is 27.2. The fourth-order valence-electron chi connectivity index (χ4n) is 4.41. The summed E-state index contributed by atoms with van der Waals surface area (Å²) in [6, 6.07) is 13.6. The number of carbonyl (C=O) groups is 2. The Balaban J connectivity index is 1.39. The number of tetrazole rings is 1. The zero-order valence-electron chi connectivity index (χ0n) is 21.8. The van der Waals surface area contributed by atoms with E-state index in [4.69, 9.17) is 13.9 Å². The van der Waals surface area contributed by atoms with Crippen LogP contribution in [0, 0.1) is 6.92 Å². The lowest BCUT2D eigenvalue weighted by Gasteiger charge is -2.29. The highest BCUT2D eigenvalue weighted by Gasteiger charge is 2.35. The molecule has 5 rings (SSSR count). The normalized spacial score (nSPS) is 15.7. The topological polar surface area (TPSA) is 125 Å². The molecule has 2 atom stereocenters. The molecular weight excluding hydrogens is 520 g/mol. The maximum absolute atomic E-state index is 13.8. The average Bonchev–Trinajstić information content (AvgIpc) is 3.76. The van der Waals surface area contributed by atoms with E-state index in [-0.39, 0.29) is 31.0 Å². The van der Waals surface area contributed by atoms with E-state index in [2.05, 4.69) is 20.7 Å². The number of thiophene rings is 1. The number of ether oxygens (including phenoxy) is 2. The van der Waals surface area contributed by atoms with Crippen LogP contribution in [0.2, 0.25) is 0 Å². The van der Waals surface area contributed by atoms with Crippen molar-refractivity contribution in [3.05, 3.63) is 70.3 Å². The van der Waals surface area contributed by atoms with Crippen molar-refractivity contribution in [1.29, 1.82) is 0 Å². The Morgan fingerprint density at radius 2 is 2.08 bits per heavy atom. The van der Waals surface area contributed by atoms with Gasteiger partial charge in [-0.2, -0.15) is 4.80 Å². The Kier molecular flexibility index (Phi) is 8.33. The summed E-state index contributed by atoms with van der Waals surface area (Å²) in [5.74, 6) is 1.43. The molecule has 204 valence electrons. The molecule has 0 bridgehead atoms. The van der Waals surface area contributed by atoms with Crippen LogP contribution >= 0.6 is 11.3 Å². The van der Waals surface area contributed by atoms with E-state index in [0.717, 1.165) is 23.3 Å². The lowest BCUT2D eigenvalue weighted by molar-refractivity contribution is -0.143. The number of nitrogens with zero attached hydrogens (tertiary/aromatic N) is 5. The Hall–Kier alpha value is -4.03. The van der Waals surface area contributed by atoms with Gasteiger partial charge in [-0.3, -0.25) is 9.59 Å². The minimum atomic E-state index is -0.987. The fourth-order valence-corrected chi connectivity index (χ4v) is 5.12. The average molecular weight is 551 g/mol. The Bertz CT molecular complexity index is 1380. The van der Waals surface area contributed by atoms with Crippen LogP contribution in [0.3, 0.4) is 0 Å². The van der Waals surface area contributed by atoms with Gasteiger partial charge in [0.25, 0.3) is 5.91 Å². The summed E-state index contributed by atoms with van der Waals surface area (Å²) in [5, 5.41) is 17.5. The van der Waals surface area contributed by atoms with E-state index in [1.54, 1.807) is 38.3 Å². The number of carbonyl (C=O) groups excluding carboxylic acids is 2. The lowest BCUT2D eigenvalue weighted by Crippen LogP contribution is -2.46. The third-order valence-corrected chi connectivity index (χ3v) is 7.28. The van der Waals surface area contributed by atoms with Crippen molar-refractivity contribution >= 4 is 23.2 Å². The Morgan fingerprint density at radius 3 is 2.74 bits per heavy atom. The first-order valence-corrected chi connectivity index (χ1v) is 13.6. The maximum Gasteiger partial charge on any atom is 0.250 e.